The highest BCUT2D eigenvalue weighted by molar-refractivity contribution is 6.06. The van der Waals surface area contributed by atoms with Crippen LogP contribution in [-0.4, -0.2) is 168 Å². The van der Waals surface area contributed by atoms with Crippen LogP contribution in [0, 0.1) is 22.1 Å². The van der Waals surface area contributed by atoms with Crippen LogP contribution in [-0.2, 0) is 32.0 Å². The Hall–Kier alpha value is -6.70. The van der Waals surface area contributed by atoms with Gasteiger partial charge in [-0.15, -0.1) is 0 Å². The van der Waals surface area contributed by atoms with Gasteiger partial charge >= 0.3 is 12.1 Å². The summed E-state index contributed by atoms with van der Waals surface area (Å²) in [5.74, 6) is -0.265. The number of likely N-dealkylation sites (tertiary alicyclic amines) is 1. The van der Waals surface area contributed by atoms with E-state index in [-0.39, 0.29) is 77.2 Å². The van der Waals surface area contributed by atoms with Crippen LogP contribution < -0.4 is 24.6 Å². The number of carbonyl (C=O) groups is 4. The predicted octanol–water partition coefficient (Wildman–Crippen LogP) is 8.74. The van der Waals surface area contributed by atoms with Gasteiger partial charge in [-0.2, -0.15) is 9.97 Å². The first-order chi connectivity index (χ1) is 39.9. The van der Waals surface area contributed by atoms with Crippen molar-refractivity contribution in [2.45, 2.75) is 136 Å². The van der Waals surface area contributed by atoms with E-state index in [0.717, 1.165) is 112 Å². The lowest BCUT2D eigenvalue weighted by Gasteiger charge is -2.59. The van der Waals surface area contributed by atoms with E-state index in [2.05, 4.69) is 50.9 Å². The van der Waals surface area contributed by atoms with Crippen LogP contribution in [0.15, 0.2) is 54.7 Å². The number of rotatable bonds is 15. The van der Waals surface area contributed by atoms with Crippen molar-refractivity contribution in [2.24, 2.45) is 16.2 Å². The minimum absolute atomic E-state index is 0.0369. The third-order valence-electron chi connectivity index (χ3n) is 19.4. The molecule has 2 aromatic heterocycles. The lowest BCUT2D eigenvalue weighted by atomic mass is 9.50. The molecule has 6 aliphatic heterocycles. The second kappa shape index (κ2) is 21.4. The van der Waals surface area contributed by atoms with Crippen LogP contribution in [0.5, 0.6) is 11.8 Å². The molecule has 8 heterocycles. The van der Waals surface area contributed by atoms with Gasteiger partial charge in [0.05, 0.1) is 24.1 Å². The predicted molar refractivity (Wildman–Crippen MR) is 313 cm³/mol. The van der Waals surface area contributed by atoms with E-state index < -0.39 is 17.5 Å². The van der Waals surface area contributed by atoms with Crippen LogP contribution in [0.1, 0.15) is 120 Å². The number of carbonyl (C=O) groups excluding carboxylic acids is 4. The summed E-state index contributed by atoms with van der Waals surface area (Å²) in [5.41, 5.74) is 4.70. The molecule has 5 aromatic rings. The summed E-state index contributed by atoms with van der Waals surface area (Å²) in [6, 6.07) is 15.3. The molecule has 2 unspecified atom stereocenters. The summed E-state index contributed by atoms with van der Waals surface area (Å²) in [5, 5.41) is 4.70. The summed E-state index contributed by atoms with van der Waals surface area (Å²) in [6.07, 6.45) is 11.4. The number of fused-ring (bicyclic) bond motifs is 5. The van der Waals surface area contributed by atoms with Gasteiger partial charge in [0, 0.05) is 101 Å². The normalized spacial score (nSPS) is 23.9. The van der Waals surface area contributed by atoms with Crippen LogP contribution in [0.25, 0.3) is 32.9 Å². The number of nitrogens with zero attached hydrogens (tertiary/aromatic N) is 9. The highest BCUT2D eigenvalue weighted by atomic mass is 19.1. The molecule has 7 fully saturated rings. The quantitative estimate of drug-likeness (QED) is 0.0778. The molecule has 19 heteroatoms. The van der Waals surface area contributed by atoms with Crippen molar-refractivity contribution < 1.29 is 42.5 Å². The summed E-state index contributed by atoms with van der Waals surface area (Å²) >= 11 is 0. The van der Waals surface area contributed by atoms with Crippen molar-refractivity contribution >= 4 is 57.0 Å². The smallest absolute Gasteiger partial charge is 0.410 e. The summed E-state index contributed by atoms with van der Waals surface area (Å²) in [6.45, 7) is 20.1. The van der Waals surface area contributed by atoms with Crippen molar-refractivity contribution in [3.63, 3.8) is 0 Å². The number of piperazine rings is 2. The molecule has 3 aromatic carbocycles. The highest BCUT2D eigenvalue weighted by Gasteiger charge is 2.54. The molecular weight excluding hydrogens is 1060 g/mol. The van der Waals surface area contributed by atoms with E-state index in [1.807, 2.05) is 62.1 Å². The van der Waals surface area contributed by atoms with Gasteiger partial charge in [0.25, 0.3) is 5.91 Å². The summed E-state index contributed by atoms with van der Waals surface area (Å²) in [4.78, 5) is 79.5. The van der Waals surface area contributed by atoms with E-state index in [1.54, 1.807) is 18.2 Å². The summed E-state index contributed by atoms with van der Waals surface area (Å²) in [7, 11) is 1.57. The second-order valence-corrected chi connectivity index (χ2v) is 26.8. The van der Waals surface area contributed by atoms with Gasteiger partial charge in [0.2, 0.25) is 11.8 Å². The van der Waals surface area contributed by atoms with E-state index >= 15 is 4.39 Å². The lowest BCUT2D eigenvalue weighted by molar-refractivity contribution is -0.136. The Balaban J connectivity index is 0.659. The Labute approximate surface area is 485 Å². The first kappa shape index (κ1) is 55.5. The molecule has 3 atom stereocenters. The number of nitrogens with one attached hydrogen (secondary N) is 1. The average Bonchev–Trinajstić information content (AvgIpc) is 3.97. The van der Waals surface area contributed by atoms with E-state index in [1.165, 1.54) is 25.7 Å². The molecule has 13 rings (SSSR count). The Kier molecular flexibility index (Phi) is 14.3. The number of hydrogen-bond acceptors (Lipinski definition) is 15. The minimum Gasteiger partial charge on any atom is -0.468 e. The van der Waals surface area contributed by atoms with Gasteiger partial charge in [-0.3, -0.25) is 34.5 Å². The number of benzene rings is 3. The largest absolute Gasteiger partial charge is 0.468 e. The molecule has 440 valence electrons. The molecule has 2 saturated carbocycles. The minimum atomic E-state index is -0.620. The average molecular weight is 1140 g/mol. The monoisotopic (exact) mass is 1130 g/mol. The molecule has 8 aliphatic rings. The Morgan fingerprint density at radius 3 is 2.29 bits per heavy atom. The van der Waals surface area contributed by atoms with Crippen molar-refractivity contribution in [2.75, 3.05) is 95.8 Å². The number of imide groups is 1. The van der Waals surface area contributed by atoms with Crippen molar-refractivity contribution in [1.29, 1.82) is 0 Å². The number of methoxy groups -OCH3 is 1. The zero-order valence-electron chi connectivity index (χ0n) is 49.1. The molecule has 1 spiro atoms. The molecule has 2 aliphatic carbocycles. The van der Waals surface area contributed by atoms with Gasteiger partial charge in [-0.05, 0) is 161 Å². The zero-order chi connectivity index (χ0) is 57.6. The van der Waals surface area contributed by atoms with Crippen LogP contribution >= 0.6 is 0 Å². The fraction of sp³-hybridized carbons (Fsp3) is 0.578. The molecule has 4 amide bonds. The third-order valence-corrected chi connectivity index (χ3v) is 19.4. The Bertz CT molecular complexity index is 3360. The fourth-order valence-electron chi connectivity index (χ4n) is 15.5. The van der Waals surface area contributed by atoms with Crippen LogP contribution in [0.4, 0.5) is 20.7 Å². The fourth-order valence-corrected chi connectivity index (χ4v) is 15.5. The maximum absolute atomic E-state index is 17.8. The SMILES string of the molecule is CCc1cccc2cc(OCOC)cc(-c3ncc4c(N5CC6CCC(C5)N6C(=O)OC(C)(C)C)nc(OCC5(CN6CCC7(CC6)CC(C)(CN6CCN(c8ccc9c(c8)CN([C@H]8CCC(=O)NC8=O)C9=O)CC6)C7)CC5)nc4c3F)c12. The van der Waals surface area contributed by atoms with E-state index in [4.69, 9.17) is 33.9 Å². The van der Waals surface area contributed by atoms with E-state index in [9.17, 15) is 19.2 Å². The third kappa shape index (κ3) is 10.8. The Morgan fingerprint density at radius 1 is 0.843 bits per heavy atom. The van der Waals surface area contributed by atoms with Gasteiger partial charge in [0.15, 0.2) is 12.6 Å². The zero-order valence-corrected chi connectivity index (χ0v) is 49.1. The molecule has 2 bridgehead atoms. The molecular formula is C64H79FN10O8. The molecule has 18 nitrogen and oxygen atoms in total. The number of hydrogen-bond donors (Lipinski definition) is 1. The number of piperidine rings is 2. The number of anilines is 2. The highest BCUT2D eigenvalue weighted by Crippen LogP contribution is 2.60. The van der Waals surface area contributed by atoms with Gasteiger partial charge < -0.3 is 38.5 Å². The lowest BCUT2D eigenvalue weighted by Crippen LogP contribution is -2.57. The maximum atomic E-state index is 17.8. The first-order valence-electron chi connectivity index (χ1n) is 30.3. The number of halogens is 1. The van der Waals surface area contributed by atoms with Gasteiger partial charge in [0.1, 0.15) is 34.4 Å². The number of amides is 4. The Morgan fingerprint density at radius 2 is 1.59 bits per heavy atom. The van der Waals surface area contributed by atoms with Crippen LogP contribution in [0.2, 0.25) is 0 Å². The summed E-state index contributed by atoms with van der Waals surface area (Å²) < 4.78 is 41.5. The molecule has 0 radical (unpaired) electrons. The molecule has 1 N–H and O–H groups in total. The van der Waals surface area contributed by atoms with Crippen LogP contribution in [0.3, 0.4) is 0 Å². The van der Waals surface area contributed by atoms with E-state index in [0.29, 0.717) is 66.2 Å². The van der Waals surface area contributed by atoms with Gasteiger partial charge in [-0.1, -0.05) is 32.0 Å². The number of pyridine rings is 1. The molecule has 83 heavy (non-hydrogen) atoms. The molecule has 5 saturated heterocycles. The number of ether oxygens (including phenoxy) is 4. The standard InChI is InChI=1S/C64H79FN10O8/c1-7-40-9-8-10-41-28-46(82-39-80-6)29-48(52(40)41)54-53(65)55-49(30-66-54)56(73-32-44-11-12-45(33-73)75(44)60(79)83-61(2,3)4)69-59(68-55)81-38-64(17-18-64)37-70-21-19-63(20-22-70)34-62(5,35-63)36-71-23-25-72(26-24-71)43-13-14-47-42(27-43)31-74(58(47)78)50-15-16-51(76)67-57(50)77/h8-10,13-14,27-30,44-45,50H,7,11-12,15-26,31-39H2,1-6H3,(H,67,76,77)/t44?,45?,50-/m0/s1. The number of aromatic nitrogens is 3. The maximum Gasteiger partial charge on any atom is 0.410 e. The first-order valence-corrected chi connectivity index (χ1v) is 30.3. The van der Waals surface area contributed by atoms with Crippen molar-refractivity contribution in [1.82, 2.24) is 39.9 Å². The van der Waals surface area contributed by atoms with Gasteiger partial charge in [-0.25, -0.2) is 9.18 Å². The topological polar surface area (TPSA) is 175 Å². The second-order valence-electron chi connectivity index (χ2n) is 26.8. The van der Waals surface area contributed by atoms with Crippen molar-refractivity contribution in [3.05, 3.63) is 77.2 Å². The van der Waals surface area contributed by atoms with Crippen molar-refractivity contribution in [3.8, 4) is 23.0 Å². The number of aryl methyl sites for hydroxylation is 1.